The molecule has 2 aliphatic rings. The molecular formula is C22H28F3N5O. The minimum absolute atomic E-state index is 0.0315. The molecule has 0 N–H and O–H groups in total. The van der Waals surface area contributed by atoms with Gasteiger partial charge in [0.15, 0.2) is 5.69 Å². The third-order valence-corrected chi connectivity index (χ3v) is 6.39. The molecule has 0 bridgehead atoms. The summed E-state index contributed by atoms with van der Waals surface area (Å²) in [5.41, 5.74) is 1.43. The summed E-state index contributed by atoms with van der Waals surface area (Å²) in [5, 5.41) is 4.32. The fraction of sp³-hybridized carbons (Fsp3) is 0.545. The second-order valence-electron chi connectivity index (χ2n) is 8.41. The lowest BCUT2D eigenvalue weighted by Crippen LogP contribution is -2.56. The van der Waals surface area contributed by atoms with E-state index in [9.17, 15) is 18.0 Å². The van der Waals surface area contributed by atoms with Gasteiger partial charge in [0.05, 0.1) is 5.56 Å². The van der Waals surface area contributed by atoms with Crippen LogP contribution in [0.3, 0.4) is 0 Å². The fourth-order valence-electron chi connectivity index (χ4n) is 4.49. The van der Waals surface area contributed by atoms with Gasteiger partial charge >= 0.3 is 6.18 Å². The molecule has 0 aliphatic carbocycles. The highest BCUT2D eigenvalue weighted by atomic mass is 19.4. The quantitative estimate of drug-likeness (QED) is 0.743. The van der Waals surface area contributed by atoms with E-state index in [1.54, 1.807) is 10.7 Å². The van der Waals surface area contributed by atoms with Gasteiger partial charge in [0.1, 0.15) is 0 Å². The van der Waals surface area contributed by atoms with Crippen molar-refractivity contribution in [2.45, 2.75) is 32.0 Å². The summed E-state index contributed by atoms with van der Waals surface area (Å²) >= 11 is 0. The number of aryl methyl sites for hydroxylation is 2. The number of aromatic nitrogens is 2. The Morgan fingerprint density at radius 1 is 1.10 bits per heavy atom. The highest BCUT2D eigenvalue weighted by molar-refractivity contribution is 5.92. The standard InChI is InChI=1S/C22H28F3N5O/c1-16-13-20(26-27(16)2)21(31)30-8-4-7-19(15-30)29-11-9-28(10-12-29)18-6-3-5-17(14-18)22(23,24)25/h3,5-6,13-14,19H,4,7-12,15H2,1-2H3/t19-/m1/s1. The molecule has 9 heteroatoms. The number of likely N-dealkylation sites (tertiary alicyclic amines) is 1. The number of anilines is 1. The van der Waals surface area contributed by atoms with E-state index in [-0.39, 0.29) is 11.9 Å². The van der Waals surface area contributed by atoms with Gasteiger partial charge in [-0.3, -0.25) is 14.4 Å². The molecule has 0 spiro atoms. The number of alkyl halides is 3. The Labute approximate surface area is 180 Å². The van der Waals surface area contributed by atoms with E-state index in [1.165, 1.54) is 12.1 Å². The SMILES string of the molecule is Cc1cc(C(=O)N2CCC[C@@H](N3CCN(c4cccc(C(F)(F)F)c4)CC3)C2)nn1C. The summed E-state index contributed by atoms with van der Waals surface area (Å²) in [5.74, 6) is -0.0315. The van der Waals surface area contributed by atoms with Crippen molar-refractivity contribution in [3.63, 3.8) is 0 Å². The van der Waals surface area contributed by atoms with E-state index in [0.717, 1.165) is 44.2 Å². The zero-order valence-electron chi connectivity index (χ0n) is 17.9. The monoisotopic (exact) mass is 435 g/mol. The first-order valence-corrected chi connectivity index (χ1v) is 10.7. The average molecular weight is 435 g/mol. The lowest BCUT2D eigenvalue weighted by molar-refractivity contribution is -0.137. The lowest BCUT2D eigenvalue weighted by atomic mass is 10.0. The number of rotatable bonds is 3. The summed E-state index contributed by atoms with van der Waals surface area (Å²) < 4.78 is 40.8. The molecular weight excluding hydrogens is 407 g/mol. The molecule has 1 amide bonds. The molecule has 3 heterocycles. The van der Waals surface area contributed by atoms with Crippen LogP contribution in [0.5, 0.6) is 0 Å². The number of hydrogen-bond acceptors (Lipinski definition) is 4. The van der Waals surface area contributed by atoms with Crippen molar-refractivity contribution in [2.24, 2.45) is 7.05 Å². The molecule has 2 aliphatic heterocycles. The maximum Gasteiger partial charge on any atom is 0.416 e. The van der Waals surface area contributed by atoms with E-state index < -0.39 is 11.7 Å². The molecule has 1 aromatic heterocycles. The predicted octanol–water partition coefficient (Wildman–Crippen LogP) is 3.17. The molecule has 0 saturated carbocycles. The summed E-state index contributed by atoms with van der Waals surface area (Å²) in [7, 11) is 1.83. The number of hydrogen-bond donors (Lipinski definition) is 0. The largest absolute Gasteiger partial charge is 0.416 e. The Hall–Kier alpha value is -2.55. The molecule has 1 aromatic carbocycles. The zero-order valence-corrected chi connectivity index (χ0v) is 17.9. The predicted molar refractivity (Wildman–Crippen MR) is 112 cm³/mol. The Balaban J connectivity index is 1.36. The first kappa shape index (κ1) is 21.7. The second-order valence-corrected chi connectivity index (χ2v) is 8.41. The number of carbonyl (C=O) groups is 1. The van der Waals surface area contributed by atoms with Crippen LogP contribution in [0.25, 0.3) is 0 Å². The highest BCUT2D eigenvalue weighted by Gasteiger charge is 2.33. The van der Waals surface area contributed by atoms with Crippen LogP contribution in [-0.2, 0) is 13.2 Å². The normalized spacial score (nSPS) is 20.9. The van der Waals surface area contributed by atoms with E-state index in [4.69, 9.17) is 0 Å². The van der Waals surface area contributed by atoms with Gasteiger partial charge < -0.3 is 9.80 Å². The van der Waals surface area contributed by atoms with E-state index in [2.05, 4.69) is 10.00 Å². The van der Waals surface area contributed by atoms with Gasteiger partial charge in [-0.1, -0.05) is 6.07 Å². The first-order valence-electron chi connectivity index (χ1n) is 10.7. The van der Waals surface area contributed by atoms with Gasteiger partial charge in [-0.2, -0.15) is 18.3 Å². The number of benzene rings is 1. The topological polar surface area (TPSA) is 44.6 Å². The molecule has 2 saturated heterocycles. The van der Waals surface area contributed by atoms with Crippen LogP contribution in [0.1, 0.15) is 34.6 Å². The van der Waals surface area contributed by atoms with Crippen LogP contribution in [0.4, 0.5) is 18.9 Å². The lowest BCUT2D eigenvalue weighted by Gasteiger charge is -2.43. The summed E-state index contributed by atoms with van der Waals surface area (Å²) in [4.78, 5) is 19.1. The third kappa shape index (κ3) is 4.71. The van der Waals surface area contributed by atoms with Crippen molar-refractivity contribution in [3.8, 4) is 0 Å². The summed E-state index contributed by atoms with van der Waals surface area (Å²) in [6.45, 7) is 6.20. The van der Waals surface area contributed by atoms with Gasteiger partial charge in [0.2, 0.25) is 0 Å². The van der Waals surface area contributed by atoms with Crippen molar-refractivity contribution in [2.75, 3.05) is 44.2 Å². The second kappa shape index (κ2) is 8.53. The molecule has 31 heavy (non-hydrogen) atoms. The van der Waals surface area contributed by atoms with E-state index in [0.29, 0.717) is 31.0 Å². The van der Waals surface area contributed by atoms with Gasteiger partial charge in [-0.15, -0.1) is 0 Å². The molecule has 168 valence electrons. The van der Waals surface area contributed by atoms with Crippen molar-refractivity contribution in [1.29, 1.82) is 0 Å². The number of carbonyl (C=O) groups excluding carboxylic acids is 1. The van der Waals surface area contributed by atoms with Gasteiger partial charge in [0.25, 0.3) is 5.91 Å². The summed E-state index contributed by atoms with van der Waals surface area (Å²) in [6.07, 6.45) is -2.37. The Morgan fingerprint density at radius 3 is 2.48 bits per heavy atom. The number of piperidine rings is 1. The van der Waals surface area contributed by atoms with Crippen molar-refractivity contribution in [3.05, 3.63) is 47.3 Å². The minimum atomic E-state index is -4.33. The smallest absolute Gasteiger partial charge is 0.369 e. The molecule has 4 rings (SSSR count). The maximum atomic E-state index is 13.0. The fourth-order valence-corrected chi connectivity index (χ4v) is 4.49. The van der Waals surface area contributed by atoms with Crippen molar-refractivity contribution >= 4 is 11.6 Å². The van der Waals surface area contributed by atoms with Crippen LogP contribution < -0.4 is 4.90 Å². The molecule has 2 fully saturated rings. The van der Waals surface area contributed by atoms with Crippen LogP contribution in [0.2, 0.25) is 0 Å². The number of halogens is 3. The van der Waals surface area contributed by atoms with Crippen LogP contribution in [0, 0.1) is 6.92 Å². The zero-order chi connectivity index (χ0) is 22.2. The minimum Gasteiger partial charge on any atom is -0.369 e. The molecule has 1 atom stereocenters. The van der Waals surface area contributed by atoms with Crippen LogP contribution in [0.15, 0.2) is 30.3 Å². The van der Waals surface area contributed by atoms with Crippen LogP contribution >= 0.6 is 0 Å². The van der Waals surface area contributed by atoms with Crippen LogP contribution in [-0.4, -0.2) is 70.8 Å². The summed E-state index contributed by atoms with van der Waals surface area (Å²) in [6, 6.07) is 7.63. The number of piperazine rings is 1. The van der Waals surface area contributed by atoms with Gasteiger partial charge in [-0.25, -0.2) is 0 Å². The third-order valence-electron chi connectivity index (χ3n) is 6.39. The average Bonchev–Trinajstić information content (AvgIpc) is 3.11. The Kier molecular flexibility index (Phi) is 5.96. The van der Waals surface area contributed by atoms with Gasteiger partial charge in [-0.05, 0) is 44.0 Å². The maximum absolute atomic E-state index is 13.0. The van der Waals surface area contributed by atoms with E-state index in [1.807, 2.05) is 29.8 Å². The molecule has 6 nitrogen and oxygen atoms in total. The van der Waals surface area contributed by atoms with Crippen molar-refractivity contribution < 1.29 is 18.0 Å². The van der Waals surface area contributed by atoms with Crippen molar-refractivity contribution in [1.82, 2.24) is 19.6 Å². The Morgan fingerprint density at radius 2 is 1.84 bits per heavy atom. The van der Waals surface area contributed by atoms with E-state index >= 15 is 0 Å². The Bertz CT molecular complexity index is 914. The first-order chi connectivity index (χ1) is 14.7. The number of amides is 1. The number of nitrogens with zero attached hydrogens (tertiary/aromatic N) is 5. The highest BCUT2D eigenvalue weighted by Crippen LogP contribution is 2.32. The molecule has 0 radical (unpaired) electrons. The molecule has 2 aromatic rings. The van der Waals surface area contributed by atoms with Gasteiger partial charge in [0, 0.05) is 63.7 Å². The molecule has 0 unspecified atom stereocenters.